The molecule has 1 aliphatic heterocycles. The highest BCUT2D eigenvalue weighted by Crippen LogP contribution is 2.31. The van der Waals surface area contributed by atoms with Gasteiger partial charge in [0.1, 0.15) is 5.75 Å². The standard InChI is InChI=1S/C15H17BrN2OS/c16-12-5-6-20-15(12)8-13(18-17)11-7-10-3-1-2-4-14(10)19-9-11/h1-6,11,13,18H,7-9,17H2. The SMILES string of the molecule is NNC(Cc1sccc1Br)C1COc2ccccc2C1. The zero-order valence-corrected chi connectivity index (χ0v) is 13.4. The Morgan fingerprint density at radius 3 is 3.00 bits per heavy atom. The monoisotopic (exact) mass is 352 g/mol. The highest BCUT2D eigenvalue weighted by atomic mass is 79.9. The summed E-state index contributed by atoms with van der Waals surface area (Å²) < 4.78 is 7.03. The van der Waals surface area contributed by atoms with Crippen LogP contribution in [-0.2, 0) is 12.8 Å². The molecule has 0 saturated carbocycles. The van der Waals surface area contributed by atoms with Crippen molar-refractivity contribution in [3.63, 3.8) is 0 Å². The van der Waals surface area contributed by atoms with E-state index in [1.807, 2.05) is 12.1 Å². The van der Waals surface area contributed by atoms with Crippen LogP contribution in [0.5, 0.6) is 5.75 Å². The van der Waals surface area contributed by atoms with Crippen molar-refractivity contribution in [1.82, 2.24) is 5.43 Å². The summed E-state index contributed by atoms with van der Waals surface area (Å²) in [7, 11) is 0. The zero-order valence-electron chi connectivity index (χ0n) is 11.0. The number of benzene rings is 1. The van der Waals surface area contributed by atoms with Crippen LogP contribution in [0.3, 0.4) is 0 Å². The molecule has 0 radical (unpaired) electrons. The Labute approximate surface area is 131 Å². The molecule has 5 heteroatoms. The summed E-state index contributed by atoms with van der Waals surface area (Å²) in [5.41, 5.74) is 4.25. The van der Waals surface area contributed by atoms with Gasteiger partial charge in [-0.25, -0.2) is 0 Å². The molecule has 2 heterocycles. The molecule has 0 fully saturated rings. The minimum Gasteiger partial charge on any atom is -0.493 e. The van der Waals surface area contributed by atoms with Crippen LogP contribution in [0.4, 0.5) is 0 Å². The number of hydrogen-bond acceptors (Lipinski definition) is 4. The molecule has 20 heavy (non-hydrogen) atoms. The molecule has 1 aromatic carbocycles. The van der Waals surface area contributed by atoms with Crippen molar-refractivity contribution in [3.05, 3.63) is 50.6 Å². The highest BCUT2D eigenvalue weighted by Gasteiger charge is 2.27. The number of fused-ring (bicyclic) bond motifs is 1. The van der Waals surface area contributed by atoms with Gasteiger partial charge < -0.3 is 4.74 Å². The minimum atomic E-state index is 0.221. The van der Waals surface area contributed by atoms with E-state index < -0.39 is 0 Å². The summed E-state index contributed by atoms with van der Waals surface area (Å²) >= 11 is 5.34. The van der Waals surface area contributed by atoms with Gasteiger partial charge in [-0.1, -0.05) is 18.2 Å². The predicted molar refractivity (Wildman–Crippen MR) is 86.0 cm³/mol. The summed E-state index contributed by atoms with van der Waals surface area (Å²) in [4.78, 5) is 1.33. The molecule has 2 unspecified atom stereocenters. The fourth-order valence-electron chi connectivity index (χ4n) is 2.64. The van der Waals surface area contributed by atoms with Gasteiger partial charge in [-0.15, -0.1) is 11.3 Å². The van der Waals surface area contributed by atoms with Crippen molar-refractivity contribution in [2.24, 2.45) is 11.8 Å². The van der Waals surface area contributed by atoms with E-state index in [1.54, 1.807) is 11.3 Å². The van der Waals surface area contributed by atoms with Gasteiger partial charge >= 0.3 is 0 Å². The maximum atomic E-state index is 5.86. The molecule has 3 N–H and O–H groups in total. The normalized spacial score (nSPS) is 19.2. The Kier molecular flexibility index (Phi) is 4.41. The van der Waals surface area contributed by atoms with E-state index in [2.05, 4.69) is 44.9 Å². The molecule has 0 amide bonds. The molecule has 3 rings (SSSR count). The second kappa shape index (κ2) is 6.26. The average molecular weight is 353 g/mol. The number of rotatable bonds is 4. The molecule has 0 saturated heterocycles. The molecular formula is C15H17BrN2OS. The Balaban J connectivity index is 1.73. The first kappa shape index (κ1) is 14.1. The third-order valence-corrected chi connectivity index (χ3v) is 5.74. The molecule has 2 aromatic rings. The van der Waals surface area contributed by atoms with Gasteiger partial charge in [0.25, 0.3) is 0 Å². The van der Waals surface area contributed by atoms with Gasteiger partial charge in [0.2, 0.25) is 0 Å². The molecule has 2 atom stereocenters. The van der Waals surface area contributed by atoms with E-state index in [9.17, 15) is 0 Å². The Bertz CT molecular complexity index is 587. The topological polar surface area (TPSA) is 47.3 Å². The summed E-state index contributed by atoms with van der Waals surface area (Å²) in [5, 5.41) is 2.10. The van der Waals surface area contributed by atoms with Crippen LogP contribution in [0, 0.1) is 5.92 Å². The number of hydrogen-bond donors (Lipinski definition) is 2. The quantitative estimate of drug-likeness (QED) is 0.656. The Morgan fingerprint density at radius 2 is 2.25 bits per heavy atom. The number of ether oxygens (including phenoxy) is 1. The van der Waals surface area contributed by atoms with Crippen LogP contribution in [0.1, 0.15) is 10.4 Å². The molecule has 3 nitrogen and oxygen atoms in total. The average Bonchev–Trinajstić information content (AvgIpc) is 2.89. The zero-order chi connectivity index (χ0) is 13.9. The van der Waals surface area contributed by atoms with E-state index in [4.69, 9.17) is 10.6 Å². The van der Waals surface area contributed by atoms with Gasteiger partial charge in [-0.3, -0.25) is 11.3 Å². The Hall–Kier alpha value is -0.880. The number of thiophene rings is 1. The molecule has 0 aliphatic carbocycles. The fraction of sp³-hybridized carbons (Fsp3) is 0.333. The summed E-state index contributed by atoms with van der Waals surface area (Å²) in [6.07, 6.45) is 1.93. The lowest BCUT2D eigenvalue weighted by Crippen LogP contribution is -2.46. The highest BCUT2D eigenvalue weighted by molar-refractivity contribution is 9.10. The van der Waals surface area contributed by atoms with Crippen molar-refractivity contribution in [1.29, 1.82) is 0 Å². The molecule has 1 aromatic heterocycles. The lowest BCUT2D eigenvalue weighted by atomic mass is 9.89. The number of hydrazine groups is 1. The lowest BCUT2D eigenvalue weighted by molar-refractivity contribution is 0.184. The van der Waals surface area contributed by atoms with Crippen LogP contribution in [0.15, 0.2) is 40.2 Å². The Morgan fingerprint density at radius 1 is 1.40 bits per heavy atom. The van der Waals surface area contributed by atoms with Gasteiger partial charge in [0, 0.05) is 21.3 Å². The molecule has 106 valence electrons. The second-order valence-electron chi connectivity index (χ2n) is 5.05. The van der Waals surface area contributed by atoms with Gasteiger partial charge in [-0.05, 0) is 51.8 Å². The maximum absolute atomic E-state index is 5.86. The van der Waals surface area contributed by atoms with Crippen molar-refractivity contribution in [2.45, 2.75) is 18.9 Å². The number of halogens is 1. The molecular weight excluding hydrogens is 336 g/mol. The second-order valence-corrected chi connectivity index (χ2v) is 6.91. The van der Waals surface area contributed by atoms with Gasteiger partial charge in [-0.2, -0.15) is 0 Å². The molecule has 1 aliphatic rings. The van der Waals surface area contributed by atoms with E-state index >= 15 is 0 Å². The van der Waals surface area contributed by atoms with Crippen molar-refractivity contribution < 1.29 is 4.74 Å². The predicted octanol–water partition coefficient (Wildman–Crippen LogP) is 3.14. The first-order valence-corrected chi connectivity index (χ1v) is 8.34. The van der Waals surface area contributed by atoms with Crippen LogP contribution in [0.25, 0.3) is 0 Å². The van der Waals surface area contributed by atoms with Crippen molar-refractivity contribution >= 4 is 27.3 Å². The van der Waals surface area contributed by atoms with E-state index in [0.717, 1.165) is 25.2 Å². The smallest absolute Gasteiger partial charge is 0.122 e. The van der Waals surface area contributed by atoms with Gasteiger partial charge in [0.05, 0.1) is 6.61 Å². The maximum Gasteiger partial charge on any atom is 0.122 e. The summed E-state index contributed by atoms with van der Waals surface area (Å²) in [6, 6.07) is 10.5. The number of para-hydroxylation sites is 1. The van der Waals surface area contributed by atoms with E-state index in [1.165, 1.54) is 14.9 Å². The van der Waals surface area contributed by atoms with Crippen LogP contribution >= 0.6 is 27.3 Å². The number of nitrogens with two attached hydrogens (primary N) is 1. The first-order chi connectivity index (χ1) is 9.78. The third-order valence-electron chi connectivity index (χ3n) is 3.79. The summed E-state index contributed by atoms with van der Waals surface area (Å²) in [6.45, 7) is 0.717. The van der Waals surface area contributed by atoms with E-state index in [-0.39, 0.29) is 6.04 Å². The summed E-state index contributed by atoms with van der Waals surface area (Å²) in [5.74, 6) is 7.18. The van der Waals surface area contributed by atoms with Crippen molar-refractivity contribution in [2.75, 3.05) is 6.61 Å². The van der Waals surface area contributed by atoms with Crippen LogP contribution in [-0.4, -0.2) is 12.6 Å². The largest absolute Gasteiger partial charge is 0.493 e. The first-order valence-electron chi connectivity index (χ1n) is 6.66. The number of nitrogens with one attached hydrogen (secondary N) is 1. The van der Waals surface area contributed by atoms with Gasteiger partial charge in [0.15, 0.2) is 0 Å². The molecule has 0 bridgehead atoms. The minimum absolute atomic E-state index is 0.221. The molecule has 0 spiro atoms. The third kappa shape index (κ3) is 2.91. The lowest BCUT2D eigenvalue weighted by Gasteiger charge is -2.31. The van der Waals surface area contributed by atoms with Crippen molar-refractivity contribution in [3.8, 4) is 5.75 Å². The van der Waals surface area contributed by atoms with Crippen LogP contribution in [0.2, 0.25) is 0 Å². The van der Waals surface area contributed by atoms with E-state index in [0.29, 0.717) is 5.92 Å². The van der Waals surface area contributed by atoms with Crippen LogP contribution < -0.4 is 16.0 Å². The fourth-order valence-corrected chi connectivity index (χ4v) is 4.22.